The van der Waals surface area contributed by atoms with Gasteiger partial charge >= 0.3 is 6.03 Å². The number of nitrogens with zero attached hydrogens (tertiary/aromatic N) is 1. The summed E-state index contributed by atoms with van der Waals surface area (Å²) in [5, 5.41) is 2.86. The lowest BCUT2D eigenvalue weighted by atomic mass is 9.83. The Morgan fingerprint density at radius 3 is 2.32 bits per heavy atom. The molecule has 0 aromatic heterocycles. The minimum atomic E-state index is -0.316. The fourth-order valence-electron chi connectivity index (χ4n) is 4.90. The first-order chi connectivity index (χ1) is 15.2. The highest BCUT2D eigenvalue weighted by Crippen LogP contribution is 2.35. The van der Waals surface area contributed by atoms with Crippen LogP contribution < -0.4 is 10.2 Å². The molecule has 1 aliphatic heterocycles. The molecule has 0 spiro atoms. The number of anilines is 2. The molecule has 2 amide bonds. The third-order valence-corrected chi connectivity index (χ3v) is 6.64. The van der Waals surface area contributed by atoms with Gasteiger partial charge in [0.1, 0.15) is 5.82 Å². The number of hydrogen-bond donors (Lipinski definition) is 1. The van der Waals surface area contributed by atoms with Gasteiger partial charge in [-0.15, -0.1) is 0 Å². The number of urea groups is 1. The van der Waals surface area contributed by atoms with Crippen LogP contribution in [0.15, 0.2) is 66.7 Å². The molecule has 0 atom stereocenters. The zero-order chi connectivity index (χ0) is 21.2. The molecule has 3 aromatic rings. The zero-order valence-electron chi connectivity index (χ0n) is 17.6. The van der Waals surface area contributed by atoms with E-state index in [1.807, 2.05) is 6.07 Å². The van der Waals surface area contributed by atoms with Crippen LogP contribution in [0.5, 0.6) is 0 Å². The Morgan fingerprint density at radius 2 is 1.58 bits per heavy atom. The fourth-order valence-corrected chi connectivity index (χ4v) is 4.90. The Morgan fingerprint density at radius 1 is 0.871 bits per heavy atom. The van der Waals surface area contributed by atoms with Crippen LogP contribution in [0.4, 0.5) is 20.6 Å². The second kappa shape index (κ2) is 8.54. The van der Waals surface area contributed by atoms with E-state index < -0.39 is 0 Å². The minimum Gasteiger partial charge on any atom is -0.308 e. The van der Waals surface area contributed by atoms with Gasteiger partial charge < -0.3 is 5.32 Å². The summed E-state index contributed by atoms with van der Waals surface area (Å²) in [4.78, 5) is 14.5. The van der Waals surface area contributed by atoms with Crippen molar-refractivity contribution in [3.8, 4) is 11.1 Å². The monoisotopic (exact) mass is 414 g/mol. The summed E-state index contributed by atoms with van der Waals surface area (Å²) in [6.07, 6.45) is 7.54. The summed E-state index contributed by atoms with van der Waals surface area (Å²) in [5.74, 6) is 0.403. The number of carbonyl (C=O) groups excluding carboxylic acids is 1. The highest BCUT2D eigenvalue weighted by atomic mass is 19.1. The van der Waals surface area contributed by atoms with E-state index in [0.717, 1.165) is 18.0 Å². The molecule has 1 saturated carbocycles. The highest BCUT2D eigenvalue weighted by Gasteiger charge is 2.25. The predicted molar refractivity (Wildman–Crippen MR) is 124 cm³/mol. The van der Waals surface area contributed by atoms with E-state index in [1.165, 1.54) is 66.5 Å². The van der Waals surface area contributed by atoms with E-state index >= 15 is 0 Å². The number of nitrogens with one attached hydrogen (secondary N) is 1. The molecule has 2 aliphatic rings. The first-order valence-electron chi connectivity index (χ1n) is 11.2. The maximum atomic E-state index is 13.1. The summed E-state index contributed by atoms with van der Waals surface area (Å²) in [7, 11) is 0. The molecule has 0 radical (unpaired) electrons. The van der Waals surface area contributed by atoms with Crippen LogP contribution in [0.2, 0.25) is 0 Å². The minimum absolute atomic E-state index is 0.185. The van der Waals surface area contributed by atoms with Crippen molar-refractivity contribution in [2.75, 3.05) is 16.8 Å². The van der Waals surface area contributed by atoms with Crippen molar-refractivity contribution >= 4 is 17.4 Å². The number of carbonyl (C=O) groups is 1. The average molecular weight is 415 g/mol. The van der Waals surface area contributed by atoms with Gasteiger partial charge in [0.15, 0.2) is 0 Å². The summed E-state index contributed by atoms with van der Waals surface area (Å²) in [6.45, 7) is 0.645. The first kappa shape index (κ1) is 19.8. The van der Waals surface area contributed by atoms with Gasteiger partial charge in [0.2, 0.25) is 0 Å². The van der Waals surface area contributed by atoms with Crippen molar-refractivity contribution in [1.29, 1.82) is 0 Å². The van der Waals surface area contributed by atoms with Crippen molar-refractivity contribution in [2.24, 2.45) is 0 Å². The van der Waals surface area contributed by atoms with Crippen LogP contribution in [-0.2, 0) is 6.42 Å². The van der Waals surface area contributed by atoms with Crippen molar-refractivity contribution in [3.05, 3.63) is 83.7 Å². The van der Waals surface area contributed by atoms with Gasteiger partial charge in [0.05, 0.1) is 0 Å². The lowest BCUT2D eigenvalue weighted by Crippen LogP contribution is -2.33. The molecule has 31 heavy (non-hydrogen) atoms. The molecule has 0 bridgehead atoms. The third-order valence-electron chi connectivity index (χ3n) is 6.64. The van der Waals surface area contributed by atoms with Crippen LogP contribution in [0, 0.1) is 5.82 Å². The van der Waals surface area contributed by atoms with E-state index in [1.54, 1.807) is 17.0 Å². The molecular weight excluding hydrogens is 387 g/mol. The molecule has 1 heterocycles. The second-order valence-corrected chi connectivity index (χ2v) is 8.64. The maximum absolute atomic E-state index is 13.1. The standard InChI is InChI=1S/C27H27FN2O/c28-24-11-13-25(14-12-24)29-27(31)30-17-16-23-18-22(10-15-26(23)30)21-8-6-20(7-9-21)19-4-2-1-3-5-19/h6-15,18-19H,1-5,16-17H2,(H,29,31). The summed E-state index contributed by atoms with van der Waals surface area (Å²) < 4.78 is 13.1. The Bertz CT molecular complexity index is 1070. The number of benzene rings is 3. The molecule has 1 aliphatic carbocycles. The predicted octanol–water partition coefficient (Wildman–Crippen LogP) is 7.14. The van der Waals surface area contributed by atoms with Gasteiger partial charge in [-0.2, -0.15) is 0 Å². The molecule has 158 valence electrons. The SMILES string of the molecule is O=C(Nc1ccc(F)cc1)N1CCc2cc(-c3ccc(C4CCCCC4)cc3)ccc21. The Labute approximate surface area is 182 Å². The van der Waals surface area contributed by atoms with Crippen molar-refractivity contribution in [3.63, 3.8) is 0 Å². The van der Waals surface area contributed by atoms with Gasteiger partial charge in [0, 0.05) is 17.9 Å². The zero-order valence-corrected chi connectivity index (χ0v) is 17.6. The molecule has 1 fully saturated rings. The summed E-state index contributed by atoms with van der Waals surface area (Å²) in [5.41, 5.74) is 6.60. The highest BCUT2D eigenvalue weighted by molar-refractivity contribution is 6.03. The normalized spacial score (nSPS) is 16.2. The number of fused-ring (bicyclic) bond motifs is 1. The number of hydrogen-bond acceptors (Lipinski definition) is 1. The van der Waals surface area contributed by atoms with Gasteiger partial charge in [-0.05, 0) is 83.8 Å². The summed E-state index contributed by atoms with van der Waals surface area (Å²) in [6, 6.07) is 21.1. The Kier molecular flexibility index (Phi) is 5.46. The molecule has 4 heteroatoms. The largest absolute Gasteiger partial charge is 0.326 e. The maximum Gasteiger partial charge on any atom is 0.326 e. The Hall–Kier alpha value is -3.14. The second-order valence-electron chi connectivity index (χ2n) is 8.64. The van der Waals surface area contributed by atoms with Gasteiger partial charge in [-0.3, -0.25) is 4.90 Å². The molecule has 5 rings (SSSR count). The lowest BCUT2D eigenvalue weighted by molar-refractivity contribution is 0.257. The van der Waals surface area contributed by atoms with E-state index in [4.69, 9.17) is 0 Å². The van der Waals surface area contributed by atoms with Crippen LogP contribution in [0.3, 0.4) is 0 Å². The first-order valence-corrected chi connectivity index (χ1v) is 11.2. The van der Waals surface area contributed by atoms with Crippen molar-refractivity contribution in [1.82, 2.24) is 0 Å². The van der Waals surface area contributed by atoms with Gasteiger partial charge in [0.25, 0.3) is 0 Å². The van der Waals surface area contributed by atoms with Crippen molar-refractivity contribution in [2.45, 2.75) is 44.4 Å². The number of amides is 2. The van der Waals surface area contributed by atoms with Crippen LogP contribution in [0.25, 0.3) is 11.1 Å². The molecule has 3 aromatic carbocycles. The van der Waals surface area contributed by atoms with Gasteiger partial charge in [-0.1, -0.05) is 49.6 Å². The smallest absolute Gasteiger partial charge is 0.308 e. The molecule has 0 unspecified atom stereocenters. The van der Waals surface area contributed by atoms with Gasteiger partial charge in [-0.25, -0.2) is 9.18 Å². The van der Waals surface area contributed by atoms with Crippen LogP contribution in [-0.4, -0.2) is 12.6 Å². The summed E-state index contributed by atoms with van der Waals surface area (Å²) >= 11 is 0. The molecule has 1 N–H and O–H groups in total. The third kappa shape index (κ3) is 4.20. The quantitative estimate of drug-likeness (QED) is 0.485. The van der Waals surface area contributed by atoms with Crippen LogP contribution in [0.1, 0.15) is 49.1 Å². The topological polar surface area (TPSA) is 32.3 Å². The van der Waals surface area contributed by atoms with Crippen LogP contribution >= 0.6 is 0 Å². The molecule has 0 saturated heterocycles. The molecule has 3 nitrogen and oxygen atoms in total. The number of rotatable bonds is 3. The van der Waals surface area contributed by atoms with E-state index in [0.29, 0.717) is 12.2 Å². The van der Waals surface area contributed by atoms with Crippen molar-refractivity contribution < 1.29 is 9.18 Å². The van der Waals surface area contributed by atoms with E-state index in [2.05, 4.69) is 41.7 Å². The Balaban J connectivity index is 1.30. The fraction of sp³-hybridized carbons (Fsp3) is 0.296. The van der Waals surface area contributed by atoms with E-state index in [-0.39, 0.29) is 11.8 Å². The molecular formula is C27H27FN2O. The lowest BCUT2D eigenvalue weighted by Gasteiger charge is -2.22. The average Bonchev–Trinajstić information content (AvgIpc) is 3.25. The van der Waals surface area contributed by atoms with E-state index in [9.17, 15) is 9.18 Å². The number of halogens is 1.